The van der Waals surface area contributed by atoms with Crippen molar-refractivity contribution < 1.29 is 0 Å². The van der Waals surface area contributed by atoms with Gasteiger partial charge in [-0.2, -0.15) is 10.5 Å². The largest absolute Gasteiger partial charge is 0.241 e. The van der Waals surface area contributed by atoms with Gasteiger partial charge < -0.3 is 0 Å². The van der Waals surface area contributed by atoms with Crippen LogP contribution in [0.15, 0.2) is 6.20 Å². The van der Waals surface area contributed by atoms with Crippen LogP contribution in [0.3, 0.4) is 0 Å². The monoisotopic (exact) mass is 264 g/mol. The highest BCUT2D eigenvalue weighted by atomic mass is 14.8. The summed E-state index contributed by atoms with van der Waals surface area (Å²) in [4.78, 5) is 8.62. The molecule has 4 fully saturated rings. The average molecular weight is 264 g/mol. The van der Waals surface area contributed by atoms with Crippen molar-refractivity contribution in [1.29, 1.82) is 10.5 Å². The van der Waals surface area contributed by atoms with Crippen molar-refractivity contribution in [2.45, 2.75) is 38.0 Å². The van der Waals surface area contributed by atoms with Gasteiger partial charge in [-0.25, -0.2) is 9.97 Å². The summed E-state index contributed by atoms with van der Waals surface area (Å²) in [6, 6.07) is 3.96. The van der Waals surface area contributed by atoms with Gasteiger partial charge in [0.25, 0.3) is 0 Å². The molecule has 0 spiro atoms. The van der Waals surface area contributed by atoms with Gasteiger partial charge in [-0.1, -0.05) is 0 Å². The molecule has 4 bridgehead atoms. The molecule has 0 unspecified atom stereocenters. The van der Waals surface area contributed by atoms with E-state index in [0.717, 1.165) is 29.4 Å². The van der Waals surface area contributed by atoms with Gasteiger partial charge in [0.1, 0.15) is 12.1 Å². The molecular formula is C16H16N4. The average Bonchev–Trinajstić information content (AvgIpc) is 2.46. The Balaban J connectivity index is 1.72. The van der Waals surface area contributed by atoms with Crippen molar-refractivity contribution in [2.75, 3.05) is 0 Å². The summed E-state index contributed by atoms with van der Waals surface area (Å²) in [6.07, 6.45) is 8.46. The normalized spacial score (nSPS) is 37.4. The number of hydrogen-bond acceptors (Lipinski definition) is 4. The van der Waals surface area contributed by atoms with Crippen molar-refractivity contribution in [3.8, 4) is 12.1 Å². The van der Waals surface area contributed by atoms with Gasteiger partial charge in [-0.15, -0.1) is 0 Å². The predicted octanol–water partition coefficient (Wildman–Crippen LogP) is 2.76. The molecule has 4 nitrogen and oxygen atoms in total. The highest BCUT2D eigenvalue weighted by molar-refractivity contribution is 5.36. The first-order chi connectivity index (χ1) is 9.78. The first-order valence-electron chi connectivity index (χ1n) is 7.45. The molecule has 0 N–H and O–H groups in total. The first-order valence-corrected chi connectivity index (χ1v) is 7.45. The minimum Gasteiger partial charge on any atom is -0.241 e. The van der Waals surface area contributed by atoms with E-state index in [1.165, 1.54) is 32.1 Å². The fourth-order valence-electron chi connectivity index (χ4n) is 5.13. The van der Waals surface area contributed by atoms with Crippen LogP contribution in [0.5, 0.6) is 0 Å². The molecule has 0 amide bonds. The molecule has 4 aliphatic carbocycles. The molecule has 4 aliphatic rings. The lowest BCUT2D eigenvalue weighted by molar-refractivity contribution is -0.00429. The summed E-state index contributed by atoms with van der Waals surface area (Å²) in [5.41, 5.74) is 1.30. The van der Waals surface area contributed by atoms with Crippen molar-refractivity contribution in [3.63, 3.8) is 0 Å². The Bertz CT molecular complexity index is 609. The number of aromatic nitrogens is 2. The third-order valence-corrected chi connectivity index (χ3v) is 5.57. The summed E-state index contributed by atoms with van der Waals surface area (Å²) in [5.74, 6) is 3.77. The van der Waals surface area contributed by atoms with Crippen LogP contribution < -0.4 is 0 Å². The summed E-state index contributed by atoms with van der Waals surface area (Å²) in [5, 5.41) is 18.1. The standard InChI is InChI=1S/C16H16N4/c17-6-13-14(7-18)20-15(8-19-13)16-11-2-9-1-10(4-11)5-12(16)3-9/h8-12,16H,1-5H2. The second-order valence-electron chi connectivity index (χ2n) is 6.67. The Labute approximate surface area is 118 Å². The van der Waals surface area contributed by atoms with Gasteiger partial charge in [-0.3, -0.25) is 0 Å². The van der Waals surface area contributed by atoms with Crippen LogP contribution in [0.2, 0.25) is 0 Å². The topological polar surface area (TPSA) is 73.4 Å². The van der Waals surface area contributed by atoms with Crippen LogP contribution in [-0.2, 0) is 0 Å². The fraction of sp³-hybridized carbons (Fsp3) is 0.625. The molecule has 0 radical (unpaired) electrons. The molecule has 0 saturated heterocycles. The molecule has 100 valence electrons. The zero-order valence-electron chi connectivity index (χ0n) is 11.3. The van der Waals surface area contributed by atoms with E-state index >= 15 is 0 Å². The van der Waals surface area contributed by atoms with Crippen LogP contribution >= 0.6 is 0 Å². The molecule has 0 aromatic carbocycles. The first kappa shape index (κ1) is 11.9. The highest BCUT2D eigenvalue weighted by Gasteiger charge is 2.49. The number of rotatable bonds is 1. The summed E-state index contributed by atoms with van der Waals surface area (Å²) < 4.78 is 0. The predicted molar refractivity (Wildman–Crippen MR) is 71.2 cm³/mol. The van der Waals surface area contributed by atoms with E-state index in [-0.39, 0.29) is 11.4 Å². The maximum Gasteiger partial charge on any atom is 0.177 e. The molecule has 20 heavy (non-hydrogen) atoms. The summed E-state index contributed by atoms with van der Waals surface area (Å²) in [7, 11) is 0. The van der Waals surface area contributed by atoms with E-state index in [1.54, 1.807) is 6.20 Å². The lowest BCUT2D eigenvalue weighted by Gasteiger charge is -2.54. The number of hydrogen-bond donors (Lipinski definition) is 0. The molecular weight excluding hydrogens is 248 g/mol. The SMILES string of the molecule is N#Cc1ncc(C2C3CC4CC(C3)CC2C4)nc1C#N. The van der Waals surface area contributed by atoms with E-state index in [1.807, 2.05) is 12.1 Å². The van der Waals surface area contributed by atoms with Crippen molar-refractivity contribution >= 4 is 0 Å². The van der Waals surface area contributed by atoms with Crippen molar-refractivity contribution in [3.05, 3.63) is 23.3 Å². The molecule has 1 heterocycles. The van der Waals surface area contributed by atoms with Gasteiger partial charge in [0.05, 0.1) is 11.9 Å². The maximum atomic E-state index is 9.12. The highest BCUT2D eigenvalue weighted by Crippen LogP contribution is 2.59. The van der Waals surface area contributed by atoms with Gasteiger partial charge in [0.15, 0.2) is 11.4 Å². The second-order valence-corrected chi connectivity index (χ2v) is 6.67. The Morgan fingerprint density at radius 2 is 1.50 bits per heavy atom. The number of nitriles is 2. The van der Waals surface area contributed by atoms with E-state index in [2.05, 4.69) is 9.97 Å². The maximum absolute atomic E-state index is 9.12. The molecule has 5 rings (SSSR count). The Morgan fingerprint density at radius 3 is 2.05 bits per heavy atom. The minimum atomic E-state index is 0.153. The third-order valence-electron chi connectivity index (χ3n) is 5.57. The molecule has 1 aromatic heterocycles. The lowest BCUT2D eigenvalue weighted by Crippen LogP contribution is -2.44. The molecule has 4 saturated carbocycles. The van der Waals surface area contributed by atoms with Crippen LogP contribution in [0, 0.1) is 46.3 Å². The number of nitrogens with zero attached hydrogens (tertiary/aromatic N) is 4. The smallest absolute Gasteiger partial charge is 0.177 e. The molecule has 0 aliphatic heterocycles. The Morgan fingerprint density at radius 1 is 0.900 bits per heavy atom. The minimum absolute atomic E-state index is 0.153. The summed E-state index contributed by atoms with van der Waals surface area (Å²) >= 11 is 0. The van der Waals surface area contributed by atoms with E-state index in [9.17, 15) is 0 Å². The third kappa shape index (κ3) is 1.64. The van der Waals surface area contributed by atoms with Crippen LogP contribution in [0.1, 0.15) is 55.1 Å². The quantitative estimate of drug-likeness (QED) is 0.781. The van der Waals surface area contributed by atoms with Gasteiger partial charge in [-0.05, 0) is 55.8 Å². The van der Waals surface area contributed by atoms with Gasteiger partial charge >= 0.3 is 0 Å². The summed E-state index contributed by atoms with van der Waals surface area (Å²) in [6.45, 7) is 0. The van der Waals surface area contributed by atoms with Crippen molar-refractivity contribution in [2.24, 2.45) is 23.7 Å². The van der Waals surface area contributed by atoms with Crippen LogP contribution in [-0.4, -0.2) is 9.97 Å². The second kappa shape index (κ2) is 4.28. The van der Waals surface area contributed by atoms with Crippen LogP contribution in [0.25, 0.3) is 0 Å². The molecule has 4 heteroatoms. The van der Waals surface area contributed by atoms with E-state index in [0.29, 0.717) is 5.92 Å². The van der Waals surface area contributed by atoms with E-state index in [4.69, 9.17) is 10.5 Å². The molecule has 1 aromatic rings. The zero-order valence-corrected chi connectivity index (χ0v) is 11.3. The lowest BCUT2D eigenvalue weighted by atomic mass is 9.51. The van der Waals surface area contributed by atoms with Crippen LogP contribution in [0.4, 0.5) is 0 Å². The zero-order chi connectivity index (χ0) is 13.7. The Hall–Kier alpha value is -1.94. The van der Waals surface area contributed by atoms with Gasteiger partial charge in [0.2, 0.25) is 0 Å². The van der Waals surface area contributed by atoms with E-state index < -0.39 is 0 Å². The fourth-order valence-corrected chi connectivity index (χ4v) is 5.13. The van der Waals surface area contributed by atoms with Crippen molar-refractivity contribution in [1.82, 2.24) is 9.97 Å². The van der Waals surface area contributed by atoms with Gasteiger partial charge in [0, 0.05) is 5.92 Å². The Kier molecular flexibility index (Phi) is 2.54. The molecule has 0 atom stereocenters.